The van der Waals surface area contributed by atoms with Crippen LogP contribution < -0.4 is 19.1 Å². The van der Waals surface area contributed by atoms with Gasteiger partial charge in [0.05, 0.1) is 38.4 Å². The van der Waals surface area contributed by atoms with Gasteiger partial charge in [0.15, 0.2) is 11.4 Å². The molecule has 33 heavy (non-hydrogen) atoms. The smallest absolute Gasteiger partial charge is 0.264 e. The van der Waals surface area contributed by atoms with Crippen molar-refractivity contribution in [1.29, 1.82) is 0 Å². The molecule has 4 rings (SSSR count). The molecule has 170 valence electrons. The number of anilines is 1. The van der Waals surface area contributed by atoms with Crippen LogP contribution in [0.3, 0.4) is 0 Å². The quantitative estimate of drug-likeness (QED) is 0.505. The SMILES string of the molecule is COc1ccc(OC)c(C(=O)C[C@@]2(O)C(=O)N(CCOc3ccccc3)c3ccccc32)c1. The molecule has 0 saturated heterocycles. The van der Waals surface area contributed by atoms with Gasteiger partial charge in [-0.1, -0.05) is 36.4 Å². The van der Waals surface area contributed by atoms with E-state index >= 15 is 0 Å². The van der Waals surface area contributed by atoms with Crippen molar-refractivity contribution in [3.8, 4) is 17.2 Å². The Kier molecular flexibility index (Phi) is 6.33. The van der Waals surface area contributed by atoms with Crippen molar-refractivity contribution >= 4 is 17.4 Å². The Hall–Kier alpha value is -3.84. The maximum atomic E-state index is 13.4. The lowest BCUT2D eigenvalue weighted by Crippen LogP contribution is -2.43. The van der Waals surface area contributed by atoms with Gasteiger partial charge in [-0.2, -0.15) is 0 Å². The standard InChI is InChI=1S/C26H25NO6/c1-31-19-12-13-24(32-2)20(16-19)23(28)17-26(30)21-10-6-7-11-22(21)27(25(26)29)14-15-33-18-8-4-3-5-9-18/h3-13,16,30H,14-15,17H2,1-2H3/t26-/m0/s1. The zero-order valence-electron chi connectivity index (χ0n) is 18.5. The van der Waals surface area contributed by atoms with Crippen LogP contribution in [0.4, 0.5) is 5.69 Å². The second-order valence-corrected chi connectivity index (χ2v) is 7.66. The number of nitrogens with zero attached hydrogens (tertiary/aromatic N) is 1. The first-order valence-electron chi connectivity index (χ1n) is 10.5. The Bertz CT molecular complexity index is 1160. The predicted octanol–water partition coefficient (Wildman–Crippen LogP) is 3.59. The highest BCUT2D eigenvalue weighted by molar-refractivity contribution is 6.11. The highest BCUT2D eigenvalue weighted by Crippen LogP contribution is 2.43. The minimum absolute atomic E-state index is 0.226. The fraction of sp³-hybridized carbons (Fsp3) is 0.231. The molecule has 1 amide bonds. The molecule has 7 heteroatoms. The first-order valence-corrected chi connectivity index (χ1v) is 10.5. The van der Waals surface area contributed by atoms with E-state index in [4.69, 9.17) is 14.2 Å². The lowest BCUT2D eigenvalue weighted by Gasteiger charge is -2.23. The molecule has 1 aliphatic rings. The van der Waals surface area contributed by atoms with Crippen molar-refractivity contribution in [1.82, 2.24) is 0 Å². The number of ketones is 1. The number of carbonyl (C=O) groups excluding carboxylic acids is 2. The number of carbonyl (C=O) groups is 2. The van der Waals surface area contributed by atoms with Gasteiger partial charge in [-0.05, 0) is 36.4 Å². The summed E-state index contributed by atoms with van der Waals surface area (Å²) in [5.74, 6) is 0.516. The first kappa shape index (κ1) is 22.4. The maximum Gasteiger partial charge on any atom is 0.264 e. The van der Waals surface area contributed by atoms with E-state index < -0.39 is 23.7 Å². The van der Waals surface area contributed by atoms with E-state index in [1.54, 1.807) is 42.5 Å². The molecule has 0 radical (unpaired) electrons. The van der Waals surface area contributed by atoms with Crippen LogP contribution in [0, 0.1) is 0 Å². The number of hydrogen-bond acceptors (Lipinski definition) is 6. The summed E-state index contributed by atoms with van der Waals surface area (Å²) in [5, 5.41) is 11.5. The molecular weight excluding hydrogens is 422 g/mol. The van der Waals surface area contributed by atoms with Crippen LogP contribution in [-0.2, 0) is 10.4 Å². The Morgan fingerprint density at radius 2 is 1.67 bits per heavy atom. The van der Waals surface area contributed by atoms with Crippen molar-refractivity contribution in [3.63, 3.8) is 0 Å². The number of rotatable bonds is 9. The lowest BCUT2D eigenvalue weighted by atomic mass is 9.88. The van der Waals surface area contributed by atoms with E-state index in [1.807, 2.05) is 30.3 Å². The number of benzene rings is 3. The van der Waals surface area contributed by atoms with E-state index in [9.17, 15) is 14.7 Å². The number of methoxy groups -OCH3 is 2. The van der Waals surface area contributed by atoms with Gasteiger partial charge < -0.3 is 24.2 Å². The van der Waals surface area contributed by atoms with Gasteiger partial charge in [-0.3, -0.25) is 9.59 Å². The summed E-state index contributed by atoms with van der Waals surface area (Å²) in [7, 11) is 2.95. The van der Waals surface area contributed by atoms with E-state index in [0.717, 1.165) is 0 Å². The lowest BCUT2D eigenvalue weighted by molar-refractivity contribution is -0.135. The molecule has 1 N–H and O–H groups in total. The molecule has 0 fully saturated rings. The summed E-state index contributed by atoms with van der Waals surface area (Å²) >= 11 is 0. The summed E-state index contributed by atoms with van der Waals surface area (Å²) in [6, 6.07) is 21.1. The molecule has 0 aromatic heterocycles. The topological polar surface area (TPSA) is 85.3 Å². The second kappa shape index (κ2) is 9.34. The van der Waals surface area contributed by atoms with Gasteiger partial charge >= 0.3 is 0 Å². The maximum absolute atomic E-state index is 13.4. The van der Waals surface area contributed by atoms with Crippen LogP contribution in [0.15, 0.2) is 72.8 Å². The highest BCUT2D eigenvalue weighted by Gasteiger charge is 2.50. The van der Waals surface area contributed by atoms with Crippen LogP contribution in [-0.4, -0.2) is 44.2 Å². The van der Waals surface area contributed by atoms with Crippen molar-refractivity contribution in [2.45, 2.75) is 12.0 Å². The van der Waals surface area contributed by atoms with Gasteiger partial charge in [0.1, 0.15) is 23.9 Å². The minimum atomic E-state index is -1.99. The van der Waals surface area contributed by atoms with Crippen LogP contribution in [0.25, 0.3) is 0 Å². The third-order valence-corrected chi connectivity index (χ3v) is 5.69. The molecule has 0 aliphatic carbocycles. The van der Waals surface area contributed by atoms with Gasteiger partial charge in [0, 0.05) is 5.56 Å². The fourth-order valence-electron chi connectivity index (χ4n) is 4.03. The zero-order chi connectivity index (χ0) is 23.4. The molecule has 0 bridgehead atoms. The number of fused-ring (bicyclic) bond motifs is 1. The fourth-order valence-corrected chi connectivity index (χ4v) is 4.03. The van der Waals surface area contributed by atoms with Gasteiger partial charge in [0.25, 0.3) is 5.91 Å². The number of amides is 1. The van der Waals surface area contributed by atoms with Crippen molar-refractivity contribution in [2.75, 3.05) is 32.3 Å². The van der Waals surface area contributed by atoms with Crippen LogP contribution in [0.1, 0.15) is 22.3 Å². The molecule has 0 saturated carbocycles. The molecule has 1 atom stereocenters. The monoisotopic (exact) mass is 447 g/mol. The minimum Gasteiger partial charge on any atom is -0.497 e. The van der Waals surface area contributed by atoms with Gasteiger partial charge in [-0.15, -0.1) is 0 Å². The summed E-state index contributed by atoms with van der Waals surface area (Å²) in [6.07, 6.45) is -0.428. The third-order valence-electron chi connectivity index (χ3n) is 5.69. The number of ether oxygens (including phenoxy) is 3. The summed E-state index contributed by atoms with van der Waals surface area (Å²) in [4.78, 5) is 28.1. The Balaban J connectivity index is 1.58. The largest absolute Gasteiger partial charge is 0.497 e. The molecular formula is C26H25NO6. The molecule has 0 spiro atoms. The summed E-state index contributed by atoms with van der Waals surface area (Å²) in [5.41, 5.74) is -0.799. The van der Waals surface area contributed by atoms with Crippen molar-refractivity contribution in [2.24, 2.45) is 0 Å². The molecule has 3 aromatic rings. The molecule has 3 aromatic carbocycles. The van der Waals surface area contributed by atoms with Gasteiger partial charge in [0.2, 0.25) is 0 Å². The number of hydrogen-bond donors (Lipinski definition) is 1. The Morgan fingerprint density at radius 3 is 2.39 bits per heavy atom. The molecule has 0 unspecified atom stereocenters. The molecule has 1 heterocycles. The van der Waals surface area contributed by atoms with E-state index in [-0.39, 0.29) is 18.7 Å². The number of para-hydroxylation sites is 2. The number of Topliss-reactive ketones (excluding diaryl/α,β-unsaturated/α-hetero) is 1. The summed E-state index contributed by atoms with van der Waals surface area (Å²) < 4.78 is 16.3. The zero-order valence-corrected chi connectivity index (χ0v) is 18.5. The van der Waals surface area contributed by atoms with E-state index in [2.05, 4.69) is 0 Å². The van der Waals surface area contributed by atoms with Crippen LogP contribution in [0.5, 0.6) is 17.2 Å². The Labute approximate surface area is 192 Å². The van der Waals surface area contributed by atoms with Crippen molar-refractivity contribution in [3.05, 3.63) is 83.9 Å². The first-order chi connectivity index (χ1) is 16.0. The van der Waals surface area contributed by atoms with E-state index in [0.29, 0.717) is 28.5 Å². The second-order valence-electron chi connectivity index (χ2n) is 7.66. The summed E-state index contributed by atoms with van der Waals surface area (Å²) in [6.45, 7) is 0.460. The Morgan fingerprint density at radius 1 is 0.939 bits per heavy atom. The van der Waals surface area contributed by atoms with Gasteiger partial charge in [-0.25, -0.2) is 0 Å². The average Bonchev–Trinajstić information content (AvgIpc) is 3.06. The third kappa shape index (κ3) is 4.27. The predicted molar refractivity (Wildman–Crippen MR) is 123 cm³/mol. The normalized spacial score (nSPS) is 16.9. The molecule has 7 nitrogen and oxygen atoms in total. The molecule has 1 aliphatic heterocycles. The average molecular weight is 447 g/mol. The van der Waals surface area contributed by atoms with Crippen LogP contribution in [0.2, 0.25) is 0 Å². The van der Waals surface area contributed by atoms with Crippen LogP contribution >= 0.6 is 0 Å². The van der Waals surface area contributed by atoms with Crippen molar-refractivity contribution < 1.29 is 28.9 Å². The number of aliphatic hydroxyl groups is 1. The highest BCUT2D eigenvalue weighted by atomic mass is 16.5. The van der Waals surface area contributed by atoms with E-state index in [1.165, 1.54) is 19.1 Å².